The van der Waals surface area contributed by atoms with Gasteiger partial charge < -0.3 is 24.3 Å². The molecule has 0 aliphatic heterocycles. The molecule has 2 rings (SSSR count). The van der Waals surface area contributed by atoms with Crippen molar-refractivity contribution in [2.75, 3.05) is 25.1 Å². The number of benzene rings is 2. The minimum atomic E-state index is -0.788. The van der Waals surface area contributed by atoms with Gasteiger partial charge in [-0.15, -0.1) is 0 Å². The van der Waals surface area contributed by atoms with Gasteiger partial charge in [-0.25, -0.2) is 9.59 Å². The summed E-state index contributed by atoms with van der Waals surface area (Å²) in [6, 6.07) is 13.6. The van der Waals surface area contributed by atoms with E-state index in [0.29, 0.717) is 36.4 Å². The summed E-state index contributed by atoms with van der Waals surface area (Å²) < 4.78 is 22.1. The van der Waals surface area contributed by atoms with E-state index in [4.69, 9.17) is 18.9 Å². The van der Waals surface area contributed by atoms with Crippen LogP contribution in [0, 0.1) is 0 Å². The number of hydrogen-bond donors (Lipinski definition) is 1. The molecule has 0 radical (unpaired) electrons. The molecule has 0 saturated heterocycles. The van der Waals surface area contributed by atoms with E-state index in [1.54, 1.807) is 48.5 Å². The Balaban J connectivity index is 2.01. The first-order valence-corrected chi connectivity index (χ1v) is 15.3. The quantitative estimate of drug-likeness (QED) is 0.0689. The molecule has 8 heteroatoms. The summed E-state index contributed by atoms with van der Waals surface area (Å²) in [5.74, 6) is -1.29. The molecule has 0 aliphatic rings. The van der Waals surface area contributed by atoms with E-state index < -0.39 is 11.9 Å². The Bertz CT molecular complexity index is 1110. The van der Waals surface area contributed by atoms with Gasteiger partial charge in [-0.3, -0.25) is 4.79 Å². The normalized spacial score (nSPS) is 11.1. The molecule has 8 nitrogen and oxygen atoms in total. The van der Waals surface area contributed by atoms with Crippen molar-refractivity contribution in [1.29, 1.82) is 0 Å². The number of esters is 2. The predicted molar refractivity (Wildman–Crippen MR) is 165 cm³/mol. The Morgan fingerprint density at radius 3 is 2.00 bits per heavy atom. The molecule has 0 fully saturated rings. The molecule has 0 atom stereocenters. The summed E-state index contributed by atoms with van der Waals surface area (Å²) in [5, 5.41) is 2.82. The van der Waals surface area contributed by atoms with Gasteiger partial charge in [0, 0.05) is 5.56 Å². The van der Waals surface area contributed by atoms with Crippen LogP contribution < -0.4 is 14.8 Å². The van der Waals surface area contributed by atoms with Crippen molar-refractivity contribution < 1.29 is 33.3 Å². The van der Waals surface area contributed by atoms with Gasteiger partial charge in [0.1, 0.15) is 5.75 Å². The summed E-state index contributed by atoms with van der Waals surface area (Å²) in [5.41, 5.74) is 0.760. The van der Waals surface area contributed by atoms with Crippen LogP contribution in [-0.2, 0) is 19.1 Å². The maximum atomic E-state index is 13.0. The molecule has 0 heterocycles. The van der Waals surface area contributed by atoms with E-state index in [1.807, 2.05) is 13.8 Å². The molecule has 0 aliphatic carbocycles. The minimum absolute atomic E-state index is 0.181. The lowest BCUT2D eigenvalue weighted by molar-refractivity contribution is -0.143. The van der Waals surface area contributed by atoms with E-state index >= 15 is 0 Å². The minimum Gasteiger partial charge on any atom is -0.494 e. The van der Waals surface area contributed by atoms with E-state index in [0.717, 1.165) is 31.8 Å². The highest BCUT2D eigenvalue weighted by molar-refractivity contribution is 6.05. The molecule has 0 unspecified atom stereocenters. The SMILES string of the molecule is CCCCCCCCCOc1ccc(C(=O)Nc2ccccc2O/C(=C/C(=O)OCCCC)C(=O)OCCCC)cc1. The number of anilines is 1. The Kier molecular flexibility index (Phi) is 17.2. The highest BCUT2D eigenvalue weighted by Crippen LogP contribution is 2.27. The van der Waals surface area contributed by atoms with Gasteiger partial charge >= 0.3 is 11.9 Å². The summed E-state index contributed by atoms with van der Waals surface area (Å²) in [7, 11) is 0. The first-order chi connectivity index (χ1) is 20.5. The van der Waals surface area contributed by atoms with Crippen molar-refractivity contribution in [2.24, 2.45) is 0 Å². The zero-order chi connectivity index (χ0) is 30.4. The molecule has 0 bridgehead atoms. The third-order valence-corrected chi connectivity index (χ3v) is 6.41. The van der Waals surface area contributed by atoms with Crippen molar-refractivity contribution in [2.45, 2.75) is 91.4 Å². The number of carbonyl (C=O) groups is 3. The van der Waals surface area contributed by atoms with Gasteiger partial charge in [-0.1, -0.05) is 84.3 Å². The van der Waals surface area contributed by atoms with Crippen LogP contribution in [0.5, 0.6) is 11.5 Å². The Morgan fingerprint density at radius 2 is 1.31 bits per heavy atom. The van der Waals surface area contributed by atoms with Gasteiger partial charge in [-0.2, -0.15) is 0 Å². The number of para-hydroxylation sites is 2. The average Bonchev–Trinajstić information content (AvgIpc) is 2.99. The molecule has 2 aromatic carbocycles. The third kappa shape index (κ3) is 13.7. The van der Waals surface area contributed by atoms with Gasteiger partial charge in [-0.05, 0) is 55.7 Å². The first kappa shape index (κ1) is 34.4. The predicted octanol–water partition coefficient (Wildman–Crippen LogP) is 8.02. The van der Waals surface area contributed by atoms with Crippen LogP contribution in [0.2, 0.25) is 0 Å². The number of unbranched alkanes of at least 4 members (excludes halogenated alkanes) is 8. The lowest BCUT2D eigenvalue weighted by atomic mass is 10.1. The Hall–Kier alpha value is -3.81. The van der Waals surface area contributed by atoms with Gasteiger partial charge in [0.2, 0.25) is 5.76 Å². The Labute approximate surface area is 250 Å². The second-order valence-corrected chi connectivity index (χ2v) is 10.1. The van der Waals surface area contributed by atoms with E-state index in [1.165, 1.54) is 32.1 Å². The molecular formula is C34H47NO7. The number of carbonyl (C=O) groups excluding carboxylic acids is 3. The zero-order valence-electron chi connectivity index (χ0n) is 25.5. The first-order valence-electron chi connectivity index (χ1n) is 15.3. The highest BCUT2D eigenvalue weighted by atomic mass is 16.6. The maximum Gasteiger partial charge on any atom is 0.374 e. The van der Waals surface area contributed by atoms with Crippen molar-refractivity contribution in [1.82, 2.24) is 0 Å². The second-order valence-electron chi connectivity index (χ2n) is 10.1. The Morgan fingerprint density at radius 1 is 0.690 bits per heavy atom. The monoisotopic (exact) mass is 581 g/mol. The zero-order valence-corrected chi connectivity index (χ0v) is 25.5. The summed E-state index contributed by atoms with van der Waals surface area (Å²) >= 11 is 0. The smallest absolute Gasteiger partial charge is 0.374 e. The molecule has 1 N–H and O–H groups in total. The maximum absolute atomic E-state index is 13.0. The van der Waals surface area contributed by atoms with E-state index in [2.05, 4.69) is 12.2 Å². The van der Waals surface area contributed by atoms with Crippen molar-refractivity contribution in [3.63, 3.8) is 0 Å². The molecule has 0 saturated carbocycles. The number of ether oxygens (including phenoxy) is 4. The lowest BCUT2D eigenvalue weighted by Gasteiger charge is -2.14. The van der Waals surface area contributed by atoms with E-state index in [-0.39, 0.29) is 30.6 Å². The average molecular weight is 582 g/mol. The van der Waals surface area contributed by atoms with Crippen LogP contribution in [0.25, 0.3) is 0 Å². The number of amides is 1. The van der Waals surface area contributed by atoms with Crippen LogP contribution in [0.1, 0.15) is 102 Å². The van der Waals surface area contributed by atoms with E-state index in [9.17, 15) is 14.4 Å². The molecular weight excluding hydrogens is 534 g/mol. The number of rotatable bonds is 21. The topological polar surface area (TPSA) is 100 Å². The summed E-state index contributed by atoms with van der Waals surface area (Å²) in [6.07, 6.45) is 12.6. The lowest BCUT2D eigenvalue weighted by Crippen LogP contribution is -2.18. The molecule has 2 aromatic rings. The van der Waals surface area contributed by atoms with Gasteiger partial charge in [0.15, 0.2) is 5.75 Å². The van der Waals surface area contributed by atoms with Crippen molar-refractivity contribution in [3.8, 4) is 11.5 Å². The van der Waals surface area contributed by atoms with Crippen LogP contribution in [-0.4, -0.2) is 37.7 Å². The molecule has 0 aromatic heterocycles. The standard InChI is InChI=1S/C34H47NO7/c1-4-7-10-11-12-13-16-25-39-28-21-19-27(20-22-28)33(37)35-29-17-14-15-18-30(29)42-31(34(38)41-24-9-6-3)26-32(36)40-23-8-5-2/h14-15,17-22,26H,4-13,16,23-25H2,1-3H3,(H,35,37)/b31-26+. The highest BCUT2D eigenvalue weighted by Gasteiger charge is 2.19. The largest absolute Gasteiger partial charge is 0.494 e. The van der Waals surface area contributed by atoms with Crippen LogP contribution in [0.15, 0.2) is 60.4 Å². The second kappa shape index (κ2) is 21.0. The molecule has 0 spiro atoms. The van der Waals surface area contributed by atoms with Gasteiger partial charge in [0.05, 0.1) is 31.6 Å². The fourth-order valence-electron chi connectivity index (χ4n) is 3.90. The fourth-order valence-corrected chi connectivity index (χ4v) is 3.90. The van der Waals surface area contributed by atoms with Gasteiger partial charge in [0.25, 0.3) is 5.91 Å². The molecule has 1 amide bonds. The number of nitrogens with one attached hydrogen (secondary N) is 1. The number of hydrogen-bond acceptors (Lipinski definition) is 7. The van der Waals surface area contributed by atoms with Crippen molar-refractivity contribution in [3.05, 3.63) is 65.9 Å². The van der Waals surface area contributed by atoms with Crippen LogP contribution in [0.3, 0.4) is 0 Å². The summed E-state index contributed by atoms with van der Waals surface area (Å²) in [4.78, 5) is 38.0. The van der Waals surface area contributed by atoms with Crippen LogP contribution >= 0.6 is 0 Å². The summed E-state index contributed by atoms with van der Waals surface area (Å²) in [6.45, 7) is 7.25. The van der Waals surface area contributed by atoms with Crippen molar-refractivity contribution >= 4 is 23.5 Å². The fraction of sp³-hybridized carbons (Fsp3) is 0.500. The molecule has 230 valence electrons. The van der Waals surface area contributed by atoms with Crippen LogP contribution in [0.4, 0.5) is 5.69 Å². The molecule has 42 heavy (non-hydrogen) atoms. The third-order valence-electron chi connectivity index (χ3n) is 6.41.